The lowest BCUT2D eigenvalue weighted by Crippen LogP contribution is -2.56. The van der Waals surface area contributed by atoms with Crippen LogP contribution in [0.2, 0.25) is 0 Å². The van der Waals surface area contributed by atoms with Crippen molar-refractivity contribution < 1.29 is 14.6 Å². The molecule has 0 aromatic rings. The SMILES string of the molecule is C[C@]12CC[C@@H]3[C@@H](CCC4=CCCC(O)[C@@]43C)[C@@H]1CCC2(O)F. The third-order valence-electron chi connectivity index (χ3n) is 8.22. The van der Waals surface area contributed by atoms with Crippen molar-refractivity contribution in [2.75, 3.05) is 0 Å². The van der Waals surface area contributed by atoms with Crippen LogP contribution in [0.3, 0.4) is 0 Å². The summed E-state index contributed by atoms with van der Waals surface area (Å²) in [6.45, 7) is 4.21. The van der Waals surface area contributed by atoms with E-state index in [0.717, 1.165) is 44.9 Å². The Morgan fingerprint density at radius 1 is 1.09 bits per heavy atom. The van der Waals surface area contributed by atoms with Crippen LogP contribution in [0.15, 0.2) is 11.6 Å². The first-order chi connectivity index (χ1) is 10.3. The van der Waals surface area contributed by atoms with Crippen molar-refractivity contribution in [3.63, 3.8) is 0 Å². The lowest BCUT2D eigenvalue weighted by atomic mass is 9.46. The van der Waals surface area contributed by atoms with E-state index in [4.69, 9.17) is 0 Å². The van der Waals surface area contributed by atoms with Crippen LogP contribution in [0, 0.1) is 28.6 Å². The largest absolute Gasteiger partial charge is 0.392 e. The molecule has 4 aliphatic rings. The topological polar surface area (TPSA) is 40.5 Å². The van der Waals surface area contributed by atoms with Gasteiger partial charge in [-0.25, -0.2) is 4.39 Å². The Labute approximate surface area is 132 Å². The van der Waals surface area contributed by atoms with Crippen molar-refractivity contribution in [2.24, 2.45) is 28.6 Å². The molecule has 4 rings (SSSR count). The Morgan fingerprint density at radius 2 is 1.82 bits per heavy atom. The Kier molecular flexibility index (Phi) is 3.14. The molecule has 7 atom stereocenters. The van der Waals surface area contributed by atoms with Crippen molar-refractivity contribution in [3.05, 3.63) is 11.6 Å². The van der Waals surface area contributed by atoms with E-state index < -0.39 is 11.3 Å². The minimum absolute atomic E-state index is 0.112. The Bertz CT molecular complexity index is 514. The zero-order valence-electron chi connectivity index (χ0n) is 13.8. The highest BCUT2D eigenvalue weighted by molar-refractivity contribution is 5.26. The lowest BCUT2D eigenvalue weighted by Gasteiger charge is -2.59. The smallest absolute Gasteiger partial charge is 0.212 e. The van der Waals surface area contributed by atoms with E-state index in [1.807, 2.05) is 6.92 Å². The quantitative estimate of drug-likeness (QED) is 0.665. The highest BCUT2D eigenvalue weighted by Gasteiger charge is 2.65. The van der Waals surface area contributed by atoms with Crippen LogP contribution >= 0.6 is 0 Å². The second-order valence-electron chi connectivity index (χ2n) is 8.77. The van der Waals surface area contributed by atoms with E-state index in [1.54, 1.807) is 0 Å². The molecule has 4 aliphatic carbocycles. The molecule has 3 heteroatoms. The van der Waals surface area contributed by atoms with Gasteiger partial charge in [0.1, 0.15) is 0 Å². The summed E-state index contributed by atoms with van der Waals surface area (Å²) in [5.74, 6) is -0.813. The van der Waals surface area contributed by atoms with Gasteiger partial charge in [0.05, 0.1) is 6.10 Å². The van der Waals surface area contributed by atoms with E-state index >= 15 is 0 Å². The standard InChI is InChI=1S/C19H29FO2/c1-17-10-8-15-13(14(17)9-11-19(17,20)22)7-6-12-4-3-5-16(21)18(12,15)2/h4,13-16,21-22H,3,5-11H2,1-2H3/t13-,14-,15+,16?,17-,18-,19?/m0/s1. The number of fused-ring (bicyclic) bond motifs is 5. The summed E-state index contributed by atoms with van der Waals surface area (Å²) in [4.78, 5) is 0. The number of hydrogen-bond donors (Lipinski definition) is 2. The number of aliphatic hydroxyl groups excluding tert-OH is 1. The summed E-state index contributed by atoms with van der Waals surface area (Å²) < 4.78 is 14.7. The van der Waals surface area contributed by atoms with E-state index in [2.05, 4.69) is 13.0 Å². The minimum Gasteiger partial charge on any atom is -0.392 e. The predicted molar refractivity (Wildman–Crippen MR) is 83.8 cm³/mol. The summed E-state index contributed by atoms with van der Waals surface area (Å²) >= 11 is 0. The zero-order chi connectivity index (χ0) is 15.8. The Hall–Kier alpha value is -0.410. The van der Waals surface area contributed by atoms with Crippen LogP contribution in [-0.4, -0.2) is 22.2 Å². The van der Waals surface area contributed by atoms with Crippen LogP contribution in [0.25, 0.3) is 0 Å². The van der Waals surface area contributed by atoms with Gasteiger partial charge in [0.15, 0.2) is 0 Å². The fraction of sp³-hybridized carbons (Fsp3) is 0.895. The fourth-order valence-electron chi connectivity index (χ4n) is 6.72. The predicted octanol–water partition coefficient (Wildman–Crippen LogP) is 3.97. The molecule has 2 nitrogen and oxygen atoms in total. The first-order valence-electron chi connectivity index (χ1n) is 9.09. The van der Waals surface area contributed by atoms with E-state index in [0.29, 0.717) is 18.3 Å². The number of rotatable bonds is 0. The van der Waals surface area contributed by atoms with Gasteiger partial charge in [-0.3, -0.25) is 0 Å². The molecular weight excluding hydrogens is 279 g/mol. The molecule has 2 N–H and O–H groups in total. The van der Waals surface area contributed by atoms with Crippen molar-refractivity contribution >= 4 is 0 Å². The van der Waals surface area contributed by atoms with Crippen molar-refractivity contribution in [2.45, 2.75) is 77.2 Å². The molecule has 0 bridgehead atoms. The molecule has 0 amide bonds. The summed E-state index contributed by atoms with van der Waals surface area (Å²) in [5.41, 5.74) is 0.759. The zero-order valence-corrected chi connectivity index (χ0v) is 13.8. The summed E-state index contributed by atoms with van der Waals surface area (Å²) in [6, 6.07) is 0. The molecular formula is C19H29FO2. The normalized spacial score (nSPS) is 57.6. The molecule has 0 saturated heterocycles. The highest BCUT2D eigenvalue weighted by atomic mass is 19.2. The van der Waals surface area contributed by atoms with Gasteiger partial charge in [0, 0.05) is 17.3 Å². The highest BCUT2D eigenvalue weighted by Crippen LogP contribution is 2.67. The minimum atomic E-state index is -2.00. The summed E-state index contributed by atoms with van der Waals surface area (Å²) in [5, 5.41) is 21.0. The van der Waals surface area contributed by atoms with Crippen LogP contribution in [0.4, 0.5) is 4.39 Å². The number of halogens is 1. The molecule has 0 spiro atoms. The average molecular weight is 308 g/mol. The van der Waals surface area contributed by atoms with E-state index in [9.17, 15) is 14.6 Å². The first-order valence-corrected chi connectivity index (χ1v) is 9.09. The van der Waals surface area contributed by atoms with E-state index in [-0.39, 0.29) is 17.4 Å². The second-order valence-corrected chi connectivity index (χ2v) is 8.77. The van der Waals surface area contributed by atoms with Gasteiger partial charge in [-0.05, 0) is 62.7 Å². The number of hydrogen-bond acceptors (Lipinski definition) is 2. The van der Waals surface area contributed by atoms with Gasteiger partial charge in [0.25, 0.3) is 0 Å². The molecule has 3 saturated carbocycles. The van der Waals surface area contributed by atoms with Crippen LogP contribution in [0.1, 0.15) is 65.2 Å². The maximum atomic E-state index is 14.7. The van der Waals surface area contributed by atoms with Gasteiger partial charge in [-0.2, -0.15) is 0 Å². The fourth-order valence-corrected chi connectivity index (χ4v) is 6.72. The third-order valence-corrected chi connectivity index (χ3v) is 8.22. The molecule has 0 aromatic carbocycles. The molecule has 0 radical (unpaired) electrons. The van der Waals surface area contributed by atoms with Gasteiger partial charge in [-0.15, -0.1) is 0 Å². The molecule has 0 aliphatic heterocycles. The Balaban J connectivity index is 1.72. The summed E-state index contributed by atoms with van der Waals surface area (Å²) in [6.07, 6.45) is 8.90. The van der Waals surface area contributed by atoms with Gasteiger partial charge in [-0.1, -0.05) is 25.5 Å². The monoisotopic (exact) mass is 308 g/mol. The van der Waals surface area contributed by atoms with Gasteiger partial charge in [0.2, 0.25) is 5.85 Å². The molecule has 0 aromatic heterocycles. The lowest BCUT2D eigenvalue weighted by molar-refractivity contribution is -0.202. The molecule has 22 heavy (non-hydrogen) atoms. The average Bonchev–Trinajstić information content (AvgIpc) is 2.71. The first kappa shape index (κ1) is 15.1. The van der Waals surface area contributed by atoms with Crippen LogP contribution in [0.5, 0.6) is 0 Å². The molecule has 124 valence electrons. The maximum absolute atomic E-state index is 14.7. The van der Waals surface area contributed by atoms with Crippen molar-refractivity contribution in [1.82, 2.24) is 0 Å². The second kappa shape index (κ2) is 4.57. The summed E-state index contributed by atoms with van der Waals surface area (Å²) in [7, 11) is 0. The van der Waals surface area contributed by atoms with Gasteiger partial charge < -0.3 is 10.2 Å². The Morgan fingerprint density at radius 3 is 2.59 bits per heavy atom. The van der Waals surface area contributed by atoms with E-state index in [1.165, 1.54) is 5.57 Å². The molecule has 0 heterocycles. The van der Waals surface area contributed by atoms with Crippen LogP contribution < -0.4 is 0 Å². The van der Waals surface area contributed by atoms with Crippen LogP contribution in [-0.2, 0) is 0 Å². The third kappa shape index (κ3) is 1.67. The number of alkyl halides is 1. The molecule has 2 unspecified atom stereocenters. The van der Waals surface area contributed by atoms with Crippen molar-refractivity contribution in [1.29, 1.82) is 0 Å². The van der Waals surface area contributed by atoms with Gasteiger partial charge >= 0.3 is 0 Å². The molecule has 3 fully saturated rings. The van der Waals surface area contributed by atoms with Crippen molar-refractivity contribution in [3.8, 4) is 0 Å². The maximum Gasteiger partial charge on any atom is 0.212 e. The number of aliphatic hydroxyl groups is 2. The number of allylic oxidation sites excluding steroid dienone is 1.